The molecule has 1 aliphatic rings. The van der Waals surface area contributed by atoms with Crippen molar-refractivity contribution < 1.29 is 4.21 Å². The SMILES string of the molecule is CSC1(S(C)=O)CC=CC1. The summed E-state index contributed by atoms with van der Waals surface area (Å²) in [5, 5.41) is 0. The van der Waals surface area contributed by atoms with Crippen molar-refractivity contribution in [1.82, 2.24) is 0 Å². The molecule has 1 unspecified atom stereocenters. The molecule has 0 aromatic heterocycles. The van der Waals surface area contributed by atoms with Gasteiger partial charge in [0.1, 0.15) is 0 Å². The normalized spacial score (nSPS) is 25.0. The van der Waals surface area contributed by atoms with Gasteiger partial charge in [0.05, 0.1) is 4.08 Å². The van der Waals surface area contributed by atoms with Crippen LogP contribution < -0.4 is 0 Å². The second-order valence-electron chi connectivity index (χ2n) is 2.45. The first-order valence-corrected chi connectivity index (χ1v) is 6.03. The van der Waals surface area contributed by atoms with Crippen LogP contribution in [0.15, 0.2) is 12.2 Å². The summed E-state index contributed by atoms with van der Waals surface area (Å²) in [4.78, 5) is 0. The molecule has 1 nitrogen and oxygen atoms in total. The zero-order valence-corrected chi connectivity index (χ0v) is 7.93. The van der Waals surface area contributed by atoms with Gasteiger partial charge in [0.25, 0.3) is 0 Å². The topological polar surface area (TPSA) is 17.1 Å². The van der Waals surface area contributed by atoms with E-state index in [-0.39, 0.29) is 4.08 Å². The minimum Gasteiger partial charge on any atom is -0.258 e. The molecule has 3 heteroatoms. The molecule has 0 aliphatic heterocycles. The lowest BCUT2D eigenvalue weighted by atomic mass is 10.3. The molecule has 0 radical (unpaired) electrons. The van der Waals surface area contributed by atoms with E-state index in [0.29, 0.717) is 0 Å². The molecule has 58 valence electrons. The third kappa shape index (κ3) is 1.30. The van der Waals surface area contributed by atoms with E-state index in [1.807, 2.05) is 6.26 Å². The van der Waals surface area contributed by atoms with Crippen molar-refractivity contribution in [2.24, 2.45) is 0 Å². The van der Waals surface area contributed by atoms with Crippen LogP contribution in [-0.4, -0.2) is 20.8 Å². The molecule has 0 heterocycles. The van der Waals surface area contributed by atoms with E-state index in [1.54, 1.807) is 18.0 Å². The summed E-state index contributed by atoms with van der Waals surface area (Å²) < 4.78 is 11.3. The molecule has 0 fully saturated rings. The first-order valence-electron chi connectivity index (χ1n) is 3.25. The summed E-state index contributed by atoms with van der Waals surface area (Å²) in [5.41, 5.74) is 0. The van der Waals surface area contributed by atoms with E-state index >= 15 is 0 Å². The molecule has 0 aromatic carbocycles. The highest BCUT2D eigenvalue weighted by molar-refractivity contribution is 8.11. The van der Waals surface area contributed by atoms with Crippen molar-refractivity contribution >= 4 is 22.6 Å². The number of hydrogen-bond acceptors (Lipinski definition) is 2. The molecule has 0 bridgehead atoms. The minimum absolute atomic E-state index is 0.0139. The van der Waals surface area contributed by atoms with Gasteiger partial charge in [-0.25, -0.2) is 0 Å². The van der Waals surface area contributed by atoms with E-state index in [0.717, 1.165) is 12.8 Å². The zero-order valence-electron chi connectivity index (χ0n) is 6.29. The van der Waals surface area contributed by atoms with Gasteiger partial charge in [-0.1, -0.05) is 12.2 Å². The Kier molecular flexibility index (Phi) is 2.58. The molecule has 0 saturated heterocycles. The zero-order chi connectivity index (χ0) is 7.61. The summed E-state index contributed by atoms with van der Waals surface area (Å²) in [6, 6.07) is 0. The van der Waals surface area contributed by atoms with Crippen LogP contribution >= 0.6 is 11.8 Å². The van der Waals surface area contributed by atoms with Crippen LogP contribution in [0.2, 0.25) is 0 Å². The summed E-state index contributed by atoms with van der Waals surface area (Å²) in [7, 11) is -0.699. The van der Waals surface area contributed by atoms with Crippen LogP contribution in [0.25, 0.3) is 0 Å². The van der Waals surface area contributed by atoms with Crippen molar-refractivity contribution in [2.45, 2.75) is 16.9 Å². The van der Waals surface area contributed by atoms with Gasteiger partial charge in [0, 0.05) is 17.1 Å². The lowest BCUT2D eigenvalue weighted by Gasteiger charge is -2.23. The Morgan fingerprint density at radius 1 is 1.50 bits per heavy atom. The van der Waals surface area contributed by atoms with Crippen molar-refractivity contribution in [3.05, 3.63) is 12.2 Å². The lowest BCUT2D eigenvalue weighted by molar-refractivity contribution is 0.669. The Balaban J connectivity index is 2.70. The highest BCUT2D eigenvalue weighted by Crippen LogP contribution is 2.38. The largest absolute Gasteiger partial charge is 0.258 e. The van der Waals surface area contributed by atoms with E-state index in [4.69, 9.17) is 0 Å². The Bertz CT molecular complexity index is 166. The summed E-state index contributed by atoms with van der Waals surface area (Å²) in [6.07, 6.45) is 10.0. The maximum atomic E-state index is 11.2. The van der Waals surface area contributed by atoms with Crippen molar-refractivity contribution in [2.75, 3.05) is 12.5 Å². The van der Waals surface area contributed by atoms with Gasteiger partial charge in [0.15, 0.2) is 0 Å². The van der Waals surface area contributed by atoms with Crippen molar-refractivity contribution in [3.8, 4) is 0 Å². The molecular formula is C7H12OS2. The molecule has 0 spiro atoms. The molecule has 0 amide bonds. The molecule has 10 heavy (non-hydrogen) atoms. The van der Waals surface area contributed by atoms with Crippen LogP contribution in [0.1, 0.15) is 12.8 Å². The quantitative estimate of drug-likeness (QED) is 0.597. The fourth-order valence-corrected chi connectivity index (χ4v) is 3.25. The highest BCUT2D eigenvalue weighted by atomic mass is 32.2. The maximum absolute atomic E-state index is 11.2. The van der Waals surface area contributed by atoms with Crippen molar-refractivity contribution in [1.29, 1.82) is 0 Å². The average molecular weight is 176 g/mol. The monoisotopic (exact) mass is 176 g/mol. The molecule has 0 aromatic rings. The van der Waals surface area contributed by atoms with E-state index in [9.17, 15) is 4.21 Å². The fraction of sp³-hybridized carbons (Fsp3) is 0.714. The lowest BCUT2D eigenvalue weighted by Crippen LogP contribution is -2.25. The second-order valence-corrected chi connectivity index (χ2v) is 5.59. The van der Waals surface area contributed by atoms with E-state index in [2.05, 4.69) is 12.2 Å². The Morgan fingerprint density at radius 2 is 2.00 bits per heavy atom. The number of thioether (sulfide) groups is 1. The van der Waals surface area contributed by atoms with Gasteiger partial charge >= 0.3 is 0 Å². The predicted octanol–water partition coefficient (Wildman–Crippen LogP) is 1.77. The highest BCUT2D eigenvalue weighted by Gasteiger charge is 2.33. The van der Waals surface area contributed by atoms with Gasteiger partial charge < -0.3 is 0 Å². The van der Waals surface area contributed by atoms with Crippen LogP contribution in [0.5, 0.6) is 0 Å². The fourth-order valence-electron chi connectivity index (χ4n) is 1.13. The van der Waals surface area contributed by atoms with Gasteiger partial charge in [-0.2, -0.15) is 0 Å². The number of rotatable bonds is 2. The Morgan fingerprint density at radius 3 is 2.20 bits per heavy atom. The minimum atomic E-state index is -0.699. The smallest absolute Gasteiger partial charge is 0.0971 e. The molecule has 1 rings (SSSR count). The van der Waals surface area contributed by atoms with Crippen LogP contribution in [0.3, 0.4) is 0 Å². The van der Waals surface area contributed by atoms with Crippen molar-refractivity contribution in [3.63, 3.8) is 0 Å². The molecule has 1 atom stereocenters. The molecule has 0 saturated carbocycles. The van der Waals surface area contributed by atoms with Gasteiger partial charge in [-0.05, 0) is 19.1 Å². The second kappa shape index (κ2) is 3.09. The number of hydrogen-bond donors (Lipinski definition) is 0. The predicted molar refractivity (Wildman–Crippen MR) is 48.7 cm³/mol. The molecule has 1 aliphatic carbocycles. The Hall–Kier alpha value is 0.240. The first kappa shape index (κ1) is 8.34. The van der Waals surface area contributed by atoms with Gasteiger partial charge in [0.2, 0.25) is 0 Å². The first-order chi connectivity index (χ1) is 4.71. The summed E-state index contributed by atoms with van der Waals surface area (Å²) in [5.74, 6) is 0. The van der Waals surface area contributed by atoms with Gasteiger partial charge in [-0.3, -0.25) is 4.21 Å². The molecule has 0 N–H and O–H groups in total. The standard InChI is InChI=1S/C7H12OS2/c1-9-7(10(2)8)5-3-4-6-7/h3-4H,5-6H2,1-2H3. The maximum Gasteiger partial charge on any atom is 0.0971 e. The average Bonchev–Trinajstić information content (AvgIpc) is 2.35. The van der Waals surface area contributed by atoms with Gasteiger partial charge in [-0.15, -0.1) is 11.8 Å². The Labute approximate surface area is 68.7 Å². The molecular weight excluding hydrogens is 164 g/mol. The van der Waals surface area contributed by atoms with Crippen LogP contribution in [0.4, 0.5) is 0 Å². The third-order valence-corrected chi connectivity index (χ3v) is 5.58. The third-order valence-electron chi connectivity index (χ3n) is 1.92. The number of allylic oxidation sites excluding steroid dienone is 2. The summed E-state index contributed by atoms with van der Waals surface area (Å²) >= 11 is 1.73. The summed E-state index contributed by atoms with van der Waals surface area (Å²) in [6.45, 7) is 0. The van der Waals surface area contributed by atoms with E-state index < -0.39 is 10.8 Å². The van der Waals surface area contributed by atoms with E-state index in [1.165, 1.54) is 0 Å². The van der Waals surface area contributed by atoms with Crippen LogP contribution in [-0.2, 0) is 10.8 Å². The van der Waals surface area contributed by atoms with Crippen LogP contribution in [0, 0.1) is 0 Å².